The number of anilines is 1. The average Bonchev–Trinajstić information content (AvgIpc) is 2.63. The normalized spacial score (nSPS) is 14.8. The molecule has 0 bridgehead atoms. The van der Waals surface area contributed by atoms with Crippen LogP contribution in [0.1, 0.15) is 15.9 Å². The maximum Gasteiger partial charge on any atom is 0.262 e. The Balaban J connectivity index is 1.76. The standard InChI is InChI=1S/C20H20FN3O2S/c1-24(2)10-9-22-19(25)14-7-8-17-16(11-14)23-20(26)18(27-17)12-13-5-3-4-6-15(13)21/h3-8,11-12H,9-10H2,1-2H3,(H,22,25)(H,23,26)/p+1. The molecular formula is C20H21FN3O2S+. The molecule has 2 aromatic carbocycles. The number of quaternary nitrogens is 1. The molecule has 1 aliphatic heterocycles. The molecule has 3 rings (SSSR count). The van der Waals surface area contributed by atoms with Crippen LogP contribution in [0.5, 0.6) is 0 Å². The highest BCUT2D eigenvalue weighted by molar-refractivity contribution is 8.04. The first-order valence-corrected chi connectivity index (χ1v) is 9.42. The third-order valence-corrected chi connectivity index (χ3v) is 5.14. The first kappa shape index (κ1) is 19.1. The van der Waals surface area contributed by atoms with E-state index in [4.69, 9.17) is 0 Å². The molecule has 0 unspecified atom stereocenters. The number of rotatable bonds is 5. The summed E-state index contributed by atoms with van der Waals surface area (Å²) in [5, 5.41) is 5.65. The number of likely N-dealkylation sites (N-methyl/N-ethyl adjacent to an activating group) is 1. The van der Waals surface area contributed by atoms with Gasteiger partial charge in [-0.05, 0) is 30.3 Å². The van der Waals surface area contributed by atoms with Crippen molar-refractivity contribution in [2.75, 3.05) is 32.5 Å². The molecule has 27 heavy (non-hydrogen) atoms. The van der Waals surface area contributed by atoms with Crippen LogP contribution in [-0.4, -0.2) is 39.0 Å². The molecule has 0 fully saturated rings. The Morgan fingerprint density at radius 3 is 2.78 bits per heavy atom. The number of hydrogen-bond acceptors (Lipinski definition) is 3. The van der Waals surface area contributed by atoms with E-state index in [0.717, 1.165) is 11.4 Å². The van der Waals surface area contributed by atoms with Gasteiger partial charge in [0.1, 0.15) is 5.82 Å². The first-order valence-electron chi connectivity index (χ1n) is 8.61. The molecule has 0 aliphatic carbocycles. The highest BCUT2D eigenvalue weighted by Gasteiger charge is 2.22. The minimum absolute atomic E-state index is 0.175. The van der Waals surface area contributed by atoms with E-state index in [2.05, 4.69) is 10.6 Å². The van der Waals surface area contributed by atoms with Crippen LogP contribution in [0.2, 0.25) is 0 Å². The Bertz CT molecular complexity index is 912. The van der Waals surface area contributed by atoms with Crippen molar-refractivity contribution in [3.63, 3.8) is 0 Å². The number of amides is 2. The lowest BCUT2D eigenvalue weighted by Crippen LogP contribution is -3.06. The van der Waals surface area contributed by atoms with Gasteiger partial charge in [-0.25, -0.2) is 4.39 Å². The summed E-state index contributed by atoms with van der Waals surface area (Å²) >= 11 is 1.26. The summed E-state index contributed by atoms with van der Waals surface area (Å²) in [6.07, 6.45) is 1.53. The molecule has 0 aromatic heterocycles. The second kappa shape index (κ2) is 8.37. The SMILES string of the molecule is C[NH+](C)CCNC(=O)c1ccc2c(c1)NC(=O)C(=Cc1ccccc1F)S2. The zero-order valence-corrected chi connectivity index (χ0v) is 16.0. The molecule has 140 valence electrons. The maximum atomic E-state index is 13.8. The van der Waals surface area contributed by atoms with Gasteiger partial charge in [0, 0.05) is 16.0 Å². The van der Waals surface area contributed by atoms with E-state index in [-0.39, 0.29) is 17.6 Å². The van der Waals surface area contributed by atoms with Gasteiger partial charge < -0.3 is 15.5 Å². The van der Waals surface area contributed by atoms with Crippen molar-refractivity contribution in [3.8, 4) is 0 Å². The molecule has 1 aliphatic rings. The van der Waals surface area contributed by atoms with Gasteiger partial charge in [-0.15, -0.1) is 0 Å². The molecule has 2 amide bonds. The second-order valence-corrected chi connectivity index (χ2v) is 7.59. The molecule has 5 nitrogen and oxygen atoms in total. The van der Waals surface area contributed by atoms with Crippen LogP contribution in [0.25, 0.3) is 6.08 Å². The fourth-order valence-corrected chi connectivity index (χ4v) is 3.49. The quantitative estimate of drug-likeness (QED) is 0.687. The van der Waals surface area contributed by atoms with Crippen molar-refractivity contribution in [2.24, 2.45) is 0 Å². The predicted molar refractivity (Wildman–Crippen MR) is 105 cm³/mol. The molecule has 3 N–H and O–H groups in total. The first-order chi connectivity index (χ1) is 12.9. The van der Waals surface area contributed by atoms with Gasteiger partial charge in [0.25, 0.3) is 11.8 Å². The van der Waals surface area contributed by atoms with E-state index < -0.39 is 0 Å². The van der Waals surface area contributed by atoms with Gasteiger partial charge in [-0.1, -0.05) is 30.0 Å². The van der Waals surface area contributed by atoms with Gasteiger partial charge >= 0.3 is 0 Å². The summed E-state index contributed by atoms with van der Waals surface area (Å²) in [7, 11) is 4.04. The van der Waals surface area contributed by atoms with Crippen molar-refractivity contribution in [1.29, 1.82) is 0 Å². The van der Waals surface area contributed by atoms with Crippen LogP contribution in [0, 0.1) is 5.82 Å². The highest BCUT2D eigenvalue weighted by Crippen LogP contribution is 2.39. The fraction of sp³-hybridized carbons (Fsp3) is 0.200. The predicted octanol–water partition coefficient (Wildman–Crippen LogP) is 1.79. The van der Waals surface area contributed by atoms with Crippen LogP contribution < -0.4 is 15.5 Å². The number of carbonyl (C=O) groups excluding carboxylic acids is 2. The smallest absolute Gasteiger partial charge is 0.262 e. The number of hydrogen-bond donors (Lipinski definition) is 3. The number of carbonyl (C=O) groups is 2. The third kappa shape index (κ3) is 4.75. The maximum absolute atomic E-state index is 13.8. The van der Waals surface area contributed by atoms with Crippen molar-refractivity contribution >= 4 is 35.3 Å². The molecule has 0 atom stereocenters. The van der Waals surface area contributed by atoms with Crippen LogP contribution in [0.15, 0.2) is 52.3 Å². The Kier molecular flexibility index (Phi) is 5.93. The van der Waals surface area contributed by atoms with E-state index in [0.29, 0.717) is 28.3 Å². The topological polar surface area (TPSA) is 62.6 Å². The van der Waals surface area contributed by atoms with Gasteiger partial charge in [0.05, 0.1) is 37.8 Å². The minimum Gasteiger partial charge on any atom is -0.346 e. The Morgan fingerprint density at radius 2 is 2.04 bits per heavy atom. The summed E-state index contributed by atoms with van der Waals surface area (Å²) in [6.45, 7) is 1.41. The monoisotopic (exact) mass is 386 g/mol. The molecule has 0 saturated carbocycles. The molecule has 2 aromatic rings. The van der Waals surface area contributed by atoms with E-state index in [1.165, 1.54) is 28.8 Å². The lowest BCUT2D eigenvalue weighted by molar-refractivity contribution is -0.856. The van der Waals surface area contributed by atoms with Crippen LogP contribution in [-0.2, 0) is 4.79 Å². The van der Waals surface area contributed by atoms with Gasteiger partial charge in [0.2, 0.25) is 0 Å². The highest BCUT2D eigenvalue weighted by atomic mass is 32.2. The van der Waals surface area contributed by atoms with Crippen molar-refractivity contribution < 1.29 is 18.9 Å². The number of fused-ring (bicyclic) bond motifs is 1. The fourth-order valence-electron chi connectivity index (χ4n) is 2.56. The summed E-state index contributed by atoms with van der Waals surface area (Å²) in [5.41, 5.74) is 1.43. The number of nitrogens with one attached hydrogen (secondary N) is 3. The van der Waals surface area contributed by atoms with Crippen molar-refractivity contribution in [3.05, 3.63) is 64.3 Å². The van der Waals surface area contributed by atoms with E-state index in [1.807, 2.05) is 14.1 Å². The van der Waals surface area contributed by atoms with Crippen molar-refractivity contribution in [2.45, 2.75) is 4.90 Å². The Hall–Kier alpha value is -2.64. The van der Waals surface area contributed by atoms with Crippen molar-refractivity contribution in [1.82, 2.24) is 5.32 Å². The van der Waals surface area contributed by atoms with Gasteiger partial charge in [-0.3, -0.25) is 9.59 Å². The second-order valence-electron chi connectivity index (χ2n) is 6.51. The van der Waals surface area contributed by atoms with E-state index in [1.54, 1.807) is 36.4 Å². The number of thioether (sulfide) groups is 1. The summed E-state index contributed by atoms with van der Waals surface area (Å²) in [5.74, 6) is -0.869. The molecule has 7 heteroatoms. The Labute approximate surface area is 161 Å². The molecule has 0 saturated heterocycles. The summed E-state index contributed by atoms with van der Waals surface area (Å²) < 4.78 is 13.8. The van der Waals surface area contributed by atoms with Gasteiger partial charge in [-0.2, -0.15) is 0 Å². The zero-order chi connectivity index (χ0) is 19.4. The Morgan fingerprint density at radius 1 is 1.26 bits per heavy atom. The van der Waals surface area contributed by atoms with E-state index in [9.17, 15) is 14.0 Å². The molecule has 0 spiro atoms. The molecule has 0 radical (unpaired) electrons. The average molecular weight is 386 g/mol. The summed E-state index contributed by atoms with van der Waals surface area (Å²) in [6, 6.07) is 11.5. The number of halogens is 1. The van der Waals surface area contributed by atoms with Crippen LogP contribution in [0.3, 0.4) is 0 Å². The lowest BCUT2D eigenvalue weighted by atomic mass is 10.1. The molecule has 1 heterocycles. The summed E-state index contributed by atoms with van der Waals surface area (Å²) in [4.78, 5) is 27.1. The number of benzene rings is 2. The minimum atomic E-state index is -0.379. The van der Waals surface area contributed by atoms with Crippen LogP contribution in [0.4, 0.5) is 10.1 Å². The van der Waals surface area contributed by atoms with E-state index >= 15 is 0 Å². The van der Waals surface area contributed by atoms with Gasteiger partial charge in [0.15, 0.2) is 0 Å². The van der Waals surface area contributed by atoms with Crippen LogP contribution >= 0.6 is 11.8 Å². The third-order valence-electron chi connectivity index (χ3n) is 4.04. The lowest BCUT2D eigenvalue weighted by Gasteiger charge is -2.19. The largest absolute Gasteiger partial charge is 0.346 e. The zero-order valence-electron chi connectivity index (χ0n) is 15.1. The molecular weight excluding hydrogens is 365 g/mol.